The van der Waals surface area contributed by atoms with Crippen molar-refractivity contribution in [1.29, 1.82) is 0 Å². The number of benzene rings is 1. The van der Waals surface area contributed by atoms with E-state index in [1.54, 1.807) is 7.11 Å². The molecule has 1 unspecified atom stereocenters. The number of para-hydroxylation sites is 1. The molecule has 2 atom stereocenters. The number of hydrogen-bond donors (Lipinski definition) is 1. The van der Waals surface area contributed by atoms with Gasteiger partial charge < -0.3 is 9.64 Å². The lowest BCUT2D eigenvalue weighted by molar-refractivity contribution is -0.132. The summed E-state index contributed by atoms with van der Waals surface area (Å²) in [5, 5.41) is 3.38. The van der Waals surface area contributed by atoms with Gasteiger partial charge in [-0.3, -0.25) is 10.1 Å². The monoisotopic (exact) mass is 276 g/mol. The van der Waals surface area contributed by atoms with E-state index in [1.165, 1.54) is 0 Å². The molecule has 0 spiro atoms. The molecule has 1 amide bonds. The molecular formula is C16H24N2O2. The molecule has 0 aliphatic carbocycles. The molecule has 1 aliphatic heterocycles. The number of rotatable bonds is 5. The Bertz CT molecular complexity index is 456. The molecule has 0 bridgehead atoms. The molecule has 1 N–H and O–H groups in total. The van der Waals surface area contributed by atoms with Gasteiger partial charge in [0.1, 0.15) is 5.75 Å². The lowest BCUT2D eigenvalue weighted by atomic mass is 10.1. The van der Waals surface area contributed by atoms with E-state index in [0.717, 1.165) is 37.2 Å². The fourth-order valence-corrected chi connectivity index (χ4v) is 2.77. The molecular weight excluding hydrogens is 252 g/mol. The average molecular weight is 276 g/mol. The number of ether oxygens (including phenoxy) is 1. The predicted octanol–water partition coefficient (Wildman–Crippen LogP) is 2.36. The van der Waals surface area contributed by atoms with Gasteiger partial charge in [0.05, 0.1) is 13.2 Å². The van der Waals surface area contributed by atoms with Gasteiger partial charge in [0.25, 0.3) is 0 Å². The van der Waals surface area contributed by atoms with Gasteiger partial charge in [0.15, 0.2) is 0 Å². The van der Waals surface area contributed by atoms with E-state index in [9.17, 15) is 4.79 Å². The van der Waals surface area contributed by atoms with Crippen LogP contribution >= 0.6 is 0 Å². The molecule has 1 aliphatic rings. The van der Waals surface area contributed by atoms with Crippen LogP contribution in [0.3, 0.4) is 0 Å². The third-order valence-electron chi connectivity index (χ3n) is 3.89. The first-order valence-corrected chi connectivity index (χ1v) is 7.31. The Labute approximate surface area is 121 Å². The van der Waals surface area contributed by atoms with Gasteiger partial charge >= 0.3 is 0 Å². The minimum absolute atomic E-state index is 0.0766. The second kappa shape index (κ2) is 6.75. The van der Waals surface area contributed by atoms with Crippen LogP contribution in [0.25, 0.3) is 0 Å². The average Bonchev–Trinajstić information content (AvgIpc) is 3.00. The second-order valence-corrected chi connectivity index (χ2v) is 5.38. The van der Waals surface area contributed by atoms with E-state index in [0.29, 0.717) is 0 Å². The highest BCUT2D eigenvalue weighted by Crippen LogP contribution is 2.24. The van der Waals surface area contributed by atoms with Gasteiger partial charge in [-0.1, -0.05) is 18.2 Å². The molecule has 4 heteroatoms. The summed E-state index contributed by atoms with van der Waals surface area (Å²) in [4.78, 5) is 14.2. The molecule has 110 valence electrons. The van der Waals surface area contributed by atoms with Crippen molar-refractivity contribution in [3.63, 3.8) is 0 Å². The molecule has 2 rings (SSSR count). The zero-order valence-electron chi connectivity index (χ0n) is 12.6. The van der Waals surface area contributed by atoms with Crippen LogP contribution in [0.15, 0.2) is 24.3 Å². The van der Waals surface area contributed by atoms with E-state index >= 15 is 0 Å². The van der Waals surface area contributed by atoms with Crippen LogP contribution in [0.4, 0.5) is 0 Å². The summed E-state index contributed by atoms with van der Waals surface area (Å²) in [7, 11) is 1.67. The normalized spacial score (nSPS) is 17.9. The molecule has 1 saturated heterocycles. The fraction of sp³-hybridized carbons (Fsp3) is 0.562. The maximum Gasteiger partial charge on any atom is 0.239 e. The van der Waals surface area contributed by atoms with Crippen molar-refractivity contribution in [2.75, 3.05) is 20.2 Å². The Hall–Kier alpha value is -1.55. The van der Waals surface area contributed by atoms with Gasteiger partial charge in [-0.05, 0) is 32.8 Å². The summed E-state index contributed by atoms with van der Waals surface area (Å²) in [5.41, 5.74) is 1.08. The summed E-state index contributed by atoms with van der Waals surface area (Å²) < 4.78 is 5.37. The van der Waals surface area contributed by atoms with Crippen LogP contribution in [0.2, 0.25) is 0 Å². The van der Waals surface area contributed by atoms with Crippen molar-refractivity contribution in [1.82, 2.24) is 10.2 Å². The summed E-state index contributed by atoms with van der Waals surface area (Å²) >= 11 is 0. The minimum atomic E-state index is -0.173. The SMILES string of the molecule is COc1ccccc1[C@H](C)NC(C)C(=O)N1CCCC1. The Kier molecular flexibility index (Phi) is 5.01. The maximum atomic E-state index is 12.3. The molecule has 1 aromatic carbocycles. The van der Waals surface area contributed by atoms with Gasteiger partial charge in [-0.15, -0.1) is 0 Å². The zero-order valence-corrected chi connectivity index (χ0v) is 12.6. The van der Waals surface area contributed by atoms with Crippen molar-refractivity contribution >= 4 is 5.91 Å². The van der Waals surface area contributed by atoms with Crippen molar-refractivity contribution in [3.8, 4) is 5.75 Å². The van der Waals surface area contributed by atoms with Crippen molar-refractivity contribution in [2.24, 2.45) is 0 Å². The Morgan fingerprint density at radius 3 is 2.55 bits per heavy atom. The van der Waals surface area contributed by atoms with E-state index in [-0.39, 0.29) is 18.0 Å². The van der Waals surface area contributed by atoms with Crippen LogP contribution in [0.1, 0.15) is 38.3 Å². The number of carbonyl (C=O) groups excluding carboxylic acids is 1. The van der Waals surface area contributed by atoms with Gasteiger partial charge in [-0.25, -0.2) is 0 Å². The molecule has 20 heavy (non-hydrogen) atoms. The lowest BCUT2D eigenvalue weighted by Gasteiger charge is -2.25. The van der Waals surface area contributed by atoms with Gasteiger partial charge in [0, 0.05) is 24.7 Å². The fourth-order valence-electron chi connectivity index (χ4n) is 2.77. The van der Waals surface area contributed by atoms with Crippen LogP contribution < -0.4 is 10.1 Å². The Balaban J connectivity index is 1.99. The van der Waals surface area contributed by atoms with Crippen LogP contribution in [-0.2, 0) is 4.79 Å². The summed E-state index contributed by atoms with van der Waals surface area (Å²) in [6, 6.07) is 7.82. The zero-order chi connectivity index (χ0) is 14.5. The largest absolute Gasteiger partial charge is 0.496 e. The highest BCUT2D eigenvalue weighted by atomic mass is 16.5. The highest BCUT2D eigenvalue weighted by Gasteiger charge is 2.24. The van der Waals surface area contributed by atoms with Crippen LogP contribution in [0, 0.1) is 0 Å². The minimum Gasteiger partial charge on any atom is -0.496 e. The number of likely N-dealkylation sites (tertiary alicyclic amines) is 1. The Morgan fingerprint density at radius 2 is 1.90 bits per heavy atom. The number of hydrogen-bond acceptors (Lipinski definition) is 3. The van der Waals surface area contributed by atoms with Gasteiger partial charge in [0.2, 0.25) is 5.91 Å². The van der Waals surface area contributed by atoms with Crippen molar-refractivity contribution in [2.45, 2.75) is 38.8 Å². The first kappa shape index (κ1) is 14.9. The number of methoxy groups -OCH3 is 1. The van der Waals surface area contributed by atoms with E-state index in [4.69, 9.17) is 4.74 Å². The summed E-state index contributed by atoms with van der Waals surface area (Å²) in [5.74, 6) is 1.05. The smallest absolute Gasteiger partial charge is 0.239 e. The lowest BCUT2D eigenvalue weighted by Crippen LogP contribution is -2.44. The molecule has 0 aromatic heterocycles. The third-order valence-corrected chi connectivity index (χ3v) is 3.89. The van der Waals surface area contributed by atoms with Crippen molar-refractivity contribution < 1.29 is 9.53 Å². The Morgan fingerprint density at radius 1 is 1.25 bits per heavy atom. The van der Waals surface area contributed by atoms with E-state index < -0.39 is 0 Å². The molecule has 1 aromatic rings. The highest BCUT2D eigenvalue weighted by molar-refractivity contribution is 5.81. The van der Waals surface area contributed by atoms with E-state index in [1.807, 2.05) is 36.1 Å². The molecule has 4 nitrogen and oxygen atoms in total. The predicted molar refractivity (Wildman–Crippen MR) is 79.8 cm³/mol. The maximum absolute atomic E-state index is 12.3. The summed E-state index contributed by atoms with van der Waals surface area (Å²) in [6.45, 7) is 5.79. The molecule has 1 heterocycles. The number of carbonyl (C=O) groups is 1. The van der Waals surface area contributed by atoms with Gasteiger partial charge in [-0.2, -0.15) is 0 Å². The number of nitrogens with zero attached hydrogens (tertiary/aromatic N) is 1. The summed E-state index contributed by atoms with van der Waals surface area (Å²) in [6.07, 6.45) is 2.25. The number of nitrogens with one attached hydrogen (secondary N) is 1. The van der Waals surface area contributed by atoms with Crippen LogP contribution in [0.5, 0.6) is 5.75 Å². The topological polar surface area (TPSA) is 41.6 Å². The second-order valence-electron chi connectivity index (χ2n) is 5.38. The third kappa shape index (κ3) is 3.31. The standard InChI is InChI=1S/C16H24N2O2/c1-12(14-8-4-5-9-15(14)20-3)17-13(2)16(19)18-10-6-7-11-18/h4-5,8-9,12-13,17H,6-7,10-11H2,1-3H3/t12-,13?/m0/s1. The first-order valence-electron chi connectivity index (χ1n) is 7.31. The molecule has 0 radical (unpaired) electrons. The molecule has 1 fully saturated rings. The van der Waals surface area contributed by atoms with Crippen molar-refractivity contribution in [3.05, 3.63) is 29.8 Å². The molecule has 0 saturated carbocycles. The first-order chi connectivity index (χ1) is 9.63. The van der Waals surface area contributed by atoms with Crippen LogP contribution in [-0.4, -0.2) is 37.0 Å². The number of amides is 1. The quantitative estimate of drug-likeness (QED) is 0.897. The van der Waals surface area contributed by atoms with E-state index in [2.05, 4.69) is 12.2 Å².